The van der Waals surface area contributed by atoms with Gasteiger partial charge in [-0.15, -0.1) is 0 Å². The monoisotopic (exact) mass is 313 g/mol. The summed E-state index contributed by atoms with van der Waals surface area (Å²) in [6.45, 7) is 0. The lowest BCUT2D eigenvalue weighted by molar-refractivity contribution is -0.141. The van der Waals surface area contributed by atoms with Gasteiger partial charge in [0.2, 0.25) is 5.88 Å². The van der Waals surface area contributed by atoms with Gasteiger partial charge in [-0.1, -0.05) is 11.6 Å². The van der Waals surface area contributed by atoms with Gasteiger partial charge in [0.15, 0.2) is 0 Å². The van der Waals surface area contributed by atoms with E-state index in [0.717, 1.165) is 6.07 Å². The van der Waals surface area contributed by atoms with Crippen molar-refractivity contribution in [1.82, 2.24) is 4.98 Å². The van der Waals surface area contributed by atoms with Crippen molar-refractivity contribution in [1.29, 1.82) is 5.26 Å². The Morgan fingerprint density at radius 3 is 2.52 bits per heavy atom. The Hall–Kier alpha value is -2.46. The van der Waals surface area contributed by atoms with Gasteiger partial charge in [0.25, 0.3) is 0 Å². The molecule has 0 atom stereocenters. The van der Waals surface area contributed by atoms with Crippen molar-refractivity contribution < 1.29 is 17.9 Å². The molecule has 0 unspecified atom stereocenters. The molecule has 0 fully saturated rings. The van der Waals surface area contributed by atoms with Gasteiger partial charge >= 0.3 is 6.18 Å². The Morgan fingerprint density at radius 2 is 1.95 bits per heavy atom. The minimum Gasteiger partial charge on any atom is -0.438 e. The molecule has 0 bridgehead atoms. The lowest BCUT2D eigenvalue weighted by Crippen LogP contribution is -2.09. The zero-order valence-electron chi connectivity index (χ0n) is 10.3. The van der Waals surface area contributed by atoms with Gasteiger partial charge in [-0.2, -0.15) is 18.4 Å². The number of nitrogens with two attached hydrogens (primary N) is 1. The summed E-state index contributed by atoms with van der Waals surface area (Å²) in [7, 11) is 0. The number of hydrogen-bond acceptors (Lipinski definition) is 4. The number of nitrogens with zero attached hydrogens (tertiary/aromatic N) is 2. The van der Waals surface area contributed by atoms with Gasteiger partial charge in [-0.3, -0.25) is 0 Å². The van der Waals surface area contributed by atoms with E-state index in [4.69, 9.17) is 27.3 Å². The molecule has 2 aromatic rings. The molecule has 4 nitrogen and oxygen atoms in total. The fraction of sp³-hybridized carbons (Fsp3) is 0.0769. The number of ether oxygens (including phenoxy) is 1. The smallest absolute Gasteiger partial charge is 0.433 e. The SMILES string of the molecule is N#Cc1ccc(C(F)(F)F)nc1Oc1ccc(N)c(Cl)c1. The number of nitrogen functional groups attached to an aromatic ring is 1. The summed E-state index contributed by atoms with van der Waals surface area (Å²) in [6, 6.07) is 7.56. The topological polar surface area (TPSA) is 71.9 Å². The van der Waals surface area contributed by atoms with Crippen LogP contribution in [0.2, 0.25) is 5.02 Å². The first kappa shape index (κ1) is 14.9. The average molecular weight is 314 g/mol. The molecule has 2 N–H and O–H groups in total. The fourth-order valence-corrected chi connectivity index (χ4v) is 1.61. The minimum absolute atomic E-state index is 0.123. The highest BCUT2D eigenvalue weighted by atomic mass is 35.5. The predicted molar refractivity (Wildman–Crippen MR) is 69.9 cm³/mol. The molecule has 1 aromatic carbocycles. The highest BCUT2D eigenvalue weighted by molar-refractivity contribution is 6.33. The molecule has 108 valence electrons. The van der Waals surface area contributed by atoms with E-state index in [9.17, 15) is 13.2 Å². The third-order valence-corrected chi connectivity index (χ3v) is 2.78. The number of pyridine rings is 1. The molecule has 1 aromatic heterocycles. The molecule has 0 saturated carbocycles. The van der Waals surface area contributed by atoms with Gasteiger partial charge in [-0.05, 0) is 24.3 Å². The summed E-state index contributed by atoms with van der Waals surface area (Å²) in [5.41, 5.74) is 4.52. The third-order valence-electron chi connectivity index (χ3n) is 2.46. The number of rotatable bonds is 2. The standard InChI is InChI=1S/C13H7ClF3N3O/c14-9-5-8(2-3-10(9)19)21-12-7(6-18)1-4-11(20-12)13(15,16)17/h1-5H,19H2. The average Bonchev–Trinajstić information content (AvgIpc) is 2.42. The molecule has 8 heteroatoms. The third kappa shape index (κ3) is 3.35. The molecule has 0 spiro atoms. The van der Waals surface area contributed by atoms with Gasteiger partial charge < -0.3 is 10.5 Å². The van der Waals surface area contributed by atoms with Crippen LogP contribution < -0.4 is 10.5 Å². The number of hydrogen-bond donors (Lipinski definition) is 1. The highest BCUT2D eigenvalue weighted by Gasteiger charge is 2.33. The minimum atomic E-state index is -4.63. The first-order chi connectivity index (χ1) is 9.81. The summed E-state index contributed by atoms with van der Waals surface area (Å²) in [5.74, 6) is -0.328. The van der Waals surface area contributed by atoms with E-state index in [2.05, 4.69) is 4.98 Å². The number of alkyl halides is 3. The largest absolute Gasteiger partial charge is 0.438 e. The summed E-state index contributed by atoms with van der Waals surface area (Å²) in [5, 5.41) is 9.07. The quantitative estimate of drug-likeness (QED) is 0.851. The van der Waals surface area contributed by atoms with Crippen molar-refractivity contribution in [2.45, 2.75) is 6.18 Å². The maximum atomic E-state index is 12.6. The van der Waals surface area contributed by atoms with Gasteiger partial charge in [0, 0.05) is 6.07 Å². The van der Waals surface area contributed by atoms with Crippen molar-refractivity contribution in [2.75, 3.05) is 5.73 Å². The molecular formula is C13H7ClF3N3O. The fourth-order valence-electron chi connectivity index (χ4n) is 1.44. The molecular weight excluding hydrogens is 307 g/mol. The lowest BCUT2D eigenvalue weighted by atomic mass is 10.2. The van der Waals surface area contributed by atoms with Crippen LogP contribution in [0.3, 0.4) is 0 Å². The van der Waals surface area contributed by atoms with Crippen LogP contribution in [0.1, 0.15) is 11.3 Å². The van der Waals surface area contributed by atoms with E-state index in [0.29, 0.717) is 11.8 Å². The molecule has 2 rings (SSSR count). The molecule has 0 radical (unpaired) electrons. The van der Waals surface area contributed by atoms with Crippen LogP contribution in [0.15, 0.2) is 30.3 Å². The van der Waals surface area contributed by atoms with Crippen molar-refractivity contribution in [3.63, 3.8) is 0 Å². The molecule has 21 heavy (non-hydrogen) atoms. The van der Waals surface area contributed by atoms with Crippen molar-refractivity contribution >= 4 is 17.3 Å². The molecule has 0 aliphatic heterocycles. The van der Waals surface area contributed by atoms with E-state index in [-0.39, 0.29) is 16.3 Å². The highest BCUT2D eigenvalue weighted by Crippen LogP contribution is 2.33. The van der Waals surface area contributed by atoms with Crippen molar-refractivity contribution in [3.8, 4) is 17.7 Å². The number of aromatic nitrogens is 1. The van der Waals surface area contributed by atoms with Gasteiger partial charge in [0.1, 0.15) is 23.1 Å². The second-order valence-corrected chi connectivity index (χ2v) is 4.35. The zero-order chi connectivity index (χ0) is 15.6. The van der Waals surface area contributed by atoms with E-state index < -0.39 is 17.8 Å². The molecule has 0 saturated heterocycles. The van der Waals surface area contributed by atoms with Crippen molar-refractivity contribution in [3.05, 3.63) is 46.6 Å². The normalized spacial score (nSPS) is 11.0. The number of benzene rings is 1. The van der Waals surface area contributed by atoms with Gasteiger partial charge in [-0.25, -0.2) is 4.98 Å². The second kappa shape index (κ2) is 5.50. The van der Waals surface area contributed by atoms with E-state index in [1.165, 1.54) is 18.2 Å². The zero-order valence-corrected chi connectivity index (χ0v) is 11.0. The number of nitriles is 1. The Labute approximate surface area is 122 Å². The Morgan fingerprint density at radius 1 is 1.24 bits per heavy atom. The number of anilines is 1. The molecule has 0 amide bonds. The van der Waals surface area contributed by atoms with Crippen LogP contribution in [0, 0.1) is 11.3 Å². The summed E-state index contributed by atoms with van der Waals surface area (Å²) < 4.78 is 43.1. The molecule has 0 aliphatic rings. The van der Waals surface area contributed by atoms with E-state index in [1.807, 2.05) is 0 Å². The van der Waals surface area contributed by atoms with Crippen LogP contribution in [0.5, 0.6) is 11.6 Å². The first-order valence-corrected chi connectivity index (χ1v) is 5.90. The number of halogens is 4. The first-order valence-electron chi connectivity index (χ1n) is 5.52. The Kier molecular flexibility index (Phi) is 3.91. The van der Waals surface area contributed by atoms with Crippen LogP contribution in [0.4, 0.5) is 18.9 Å². The van der Waals surface area contributed by atoms with Crippen LogP contribution in [-0.2, 0) is 6.18 Å². The van der Waals surface area contributed by atoms with Crippen LogP contribution in [0.25, 0.3) is 0 Å². The van der Waals surface area contributed by atoms with Gasteiger partial charge in [0.05, 0.1) is 10.7 Å². The van der Waals surface area contributed by atoms with E-state index >= 15 is 0 Å². The summed E-state index contributed by atoms with van der Waals surface area (Å²) in [6.07, 6.45) is -4.63. The Bertz CT molecular complexity index is 726. The maximum absolute atomic E-state index is 12.6. The van der Waals surface area contributed by atoms with Crippen molar-refractivity contribution in [2.24, 2.45) is 0 Å². The summed E-state index contributed by atoms with van der Waals surface area (Å²) >= 11 is 5.79. The van der Waals surface area contributed by atoms with Crippen LogP contribution >= 0.6 is 11.6 Å². The maximum Gasteiger partial charge on any atom is 0.433 e. The molecule has 1 heterocycles. The Balaban J connectivity index is 2.42. The second-order valence-electron chi connectivity index (χ2n) is 3.94. The summed E-state index contributed by atoms with van der Waals surface area (Å²) in [4.78, 5) is 3.32. The van der Waals surface area contributed by atoms with Crippen LogP contribution in [-0.4, -0.2) is 4.98 Å². The lowest BCUT2D eigenvalue weighted by Gasteiger charge is -2.10. The molecule has 0 aliphatic carbocycles. The van der Waals surface area contributed by atoms with E-state index in [1.54, 1.807) is 6.07 Å². The predicted octanol–water partition coefficient (Wildman–Crippen LogP) is 4.00.